The monoisotopic (exact) mass is 474 g/mol. The van der Waals surface area contributed by atoms with Gasteiger partial charge in [-0.3, -0.25) is 4.79 Å². The third-order valence-electron chi connectivity index (χ3n) is 6.58. The minimum atomic E-state index is -0.132. The largest absolute Gasteiger partial charge is 0.493 e. The average Bonchev–Trinajstić information content (AvgIpc) is 3.32. The van der Waals surface area contributed by atoms with Gasteiger partial charge in [0.25, 0.3) is 5.91 Å². The lowest BCUT2D eigenvalue weighted by Crippen LogP contribution is -2.34. The van der Waals surface area contributed by atoms with E-state index < -0.39 is 0 Å². The van der Waals surface area contributed by atoms with Crippen molar-refractivity contribution < 1.29 is 9.90 Å². The summed E-state index contributed by atoms with van der Waals surface area (Å²) in [6.07, 6.45) is 2.59. The zero-order valence-electron chi connectivity index (χ0n) is 21.2. The second-order valence-corrected chi connectivity index (χ2v) is 9.38. The van der Waals surface area contributed by atoms with Crippen molar-refractivity contribution in [1.82, 2.24) is 14.8 Å². The summed E-state index contributed by atoms with van der Waals surface area (Å²) in [5, 5.41) is 25.2. The van der Waals surface area contributed by atoms with Crippen molar-refractivity contribution in [3.05, 3.63) is 64.7 Å². The molecular formula is C27H34N6O2. The predicted octanol–water partition coefficient (Wildman–Crippen LogP) is 4.43. The molecule has 0 spiro atoms. The molecule has 1 unspecified atom stereocenters. The summed E-state index contributed by atoms with van der Waals surface area (Å²) in [7, 11) is 1.82. The Balaban J connectivity index is 1.74. The molecule has 1 atom stereocenters. The van der Waals surface area contributed by atoms with Crippen molar-refractivity contribution in [3.63, 3.8) is 0 Å². The maximum Gasteiger partial charge on any atom is 0.255 e. The van der Waals surface area contributed by atoms with Crippen LogP contribution in [0.3, 0.4) is 0 Å². The molecule has 1 aliphatic rings. The van der Waals surface area contributed by atoms with Gasteiger partial charge >= 0.3 is 0 Å². The number of rotatable bonds is 8. The Morgan fingerprint density at radius 2 is 2.11 bits per heavy atom. The number of nitrogens with zero attached hydrogens (tertiary/aromatic N) is 6. The highest BCUT2D eigenvalue weighted by molar-refractivity contribution is 5.94. The molecule has 184 valence electrons. The summed E-state index contributed by atoms with van der Waals surface area (Å²) < 4.78 is 0. The summed E-state index contributed by atoms with van der Waals surface area (Å²) in [6.45, 7) is 14.4. The number of anilines is 1. The van der Waals surface area contributed by atoms with Crippen molar-refractivity contribution in [1.29, 1.82) is 5.26 Å². The zero-order valence-corrected chi connectivity index (χ0v) is 21.2. The van der Waals surface area contributed by atoms with Gasteiger partial charge < -0.3 is 14.9 Å². The number of hydrogen-bond acceptors (Lipinski definition) is 7. The summed E-state index contributed by atoms with van der Waals surface area (Å²) in [5.74, 6) is 0.585. The van der Waals surface area contributed by atoms with Crippen LogP contribution in [0.4, 0.5) is 5.82 Å². The van der Waals surface area contributed by atoms with Crippen LogP contribution >= 0.6 is 0 Å². The molecular weight excluding hydrogens is 440 g/mol. The number of aryl methyl sites for hydroxylation is 1. The highest BCUT2D eigenvalue weighted by Gasteiger charge is 2.27. The van der Waals surface area contributed by atoms with Crippen LogP contribution < -0.4 is 5.01 Å². The molecule has 0 aliphatic carbocycles. The van der Waals surface area contributed by atoms with Crippen molar-refractivity contribution in [3.8, 4) is 6.07 Å². The quantitative estimate of drug-likeness (QED) is 0.345. The van der Waals surface area contributed by atoms with Crippen LogP contribution in [-0.2, 0) is 0 Å². The zero-order chi connectivity index (χ0) is 25.7. The van der Waals surface area contributed by atoms with E-state index in [1.165, 1.54) is 11.2 Å². The van der Waals surface area contributed by atoms with Crippen LogP contribution in [-0.4, -0.2) is 65.2 Å². The van der Waals surface area contributed by atoms with Gasteiger partial charge in [0.2, 0.25) is 5.88 Å². The van der Waals surface area contributed by atoms with Crippen molar-refractivity contribution >= 4 is 24.0 Å². The first-order valence-electron chi connectivity index (χ1n) is 11.8. The fourth-order valence-corrected chi connectivity index (χ4v) is 4.49. The molecule has 1 aromatic carbocycles. The lowest BCUT2D eigenvalue weighted by atomic mass is 10.00. The molecule has 1 N–H and O–H groups in total. The SMILES string of the molecule is C=NN(/C(O)=C(\C)c1ccc(C#N)cc1C)c1ccc(C(=O)N(C)CC2CCN(C(C)C)C2)cn1. The molecule has 3 rings (SSSR count). The predicted molar refractivity (Wildman–Crippen MR) is 139 cm³/mol. The Labute approximate surface area is 207 Å². The van der Waals surface area contributed by atoms with Gasteiger partial charge in [0, 0.05) is 44.7 Å². The Kier molecular flexibility index (Phi) is 8.26. The topological polar surface area (TPSA) is 96.1 Å². The maximum atomic E-state index is 13.0. The number of pyridine rings is 1. The first-order chi connectivity index (χ1) is 16.7. The van der Waals surface area contributed by atoms with E-state index in [2.05, 4.69) is 41.6 Å². The van der Waals surface area contributed by atoms with Gasteiger partial charge in [-0.15, -0.1) is 0 Å². The summed E-state index contributed by atoms with van der Waals surface area (Å²) >= 11 is 0. The minimum Gasteiger partial charge on any atom is -0.493 e. The number of aliphatic hydroxyl groups excluding tert-OH is 1. The first-order valence-corrected chi connectivity index (χ1v) is 11.8. The minimum absolute atomic E-state index is 0.0886. The molecule has 0 saturated carbocycles. The number of amides is 1. The summed E-state index contributed by atoms with van der Waals surface area (Å²) in [6, 6.07) is 11.2. The van der Waals surface area contributed by atoms with E-state index in [4.69, 9.17) is 5.26 Å². The van der Waals surface area contributed by atoms with Gasteiger partial charge in [-0.2, -0.15) is 15.4 Å². The fourth-order valence-electron chi connectivity index (χ4n) is 4.49. The van der Waals surface area contributed by atoms with Crippen molar-refractivity contribution in [2.45, 2.75) is 40.2 Å². The van der Waals surface area contributed by atoms with Gasteiger partial charge in [-0.25, -0.2) is 4.98 Å². The van der Waals surface area contributed by atoms with Crippen LogP contribution in [0.2, 0.25) is 0 Å². The summed E-state index contributed by atoms with van der Waals surface area (Å²) in [4.78, 5) is 21.5. The van der Waals surface area contributed by atoms with Gasteiger partial charge in [-0.1, -0.05) is 6.07 Å². The average molecular weight is 475 g/mol. The van der Waals surface area contributed by atoms with Crippen LogP contribution in [0.15, 0.2) is 47.5 Å². The van der Waals surface area contributed by atoms with E-state index in [1.807, 2.05) is 14.0 Å². The molecule has 8 heteroatoms. The number of carbonyl (C=O) groups excluding carboxylic acids is 1. The van der Waals surface area contributed by atoms with E-state index >= 15 is 0 Å². The number of likely N-dealkylation sites (tertiary alicyclic amines) is 1. The third-order valence-corrected chi connectivity index (χ3v) is 6.58. The molecule has 1 saturated heterocycles. The highest BCUT2D eigenvalue weighted by atomic mass is 16.3. The molecule has 0 bridgehead atoms. The fraction of sp³-hybridized carbons (Fsp3) is 0.407. The number of allylic oxidation sites excluding steroid dienone is 1. The number of aromatic nitrogens is 1. The van der Waals surface area contributed by atoms with E-state index in [-0.39, 0.29) is 11.8 Å². The number of hydrazone groups is 1. The molecule has 35 heavy (non-hydrogen) atoms. The van der Waals surface area contributed by atoms with E-state index in [1.54, 1.807) is 42.2 Å². The van der Waals surface area contributed by atoms with Gasteiger partial charge in [0.05, 0.1) is 17.2 Å². The second kappa shape index (κ2) is 11.2. The Morgan fingerprint density at radius 3 is 2.66 bits per heavy atom. The van der Waals surface area contributed by atoms with Crippen LogP contribution in [0.1, 0.15) is 54.2 Å². The molecule has 1 aliphatic heterocycles. The number of benzene rings is 1. The normalized spacial score (nSPS) is 16.5. The maximum absolute atomic E-state index is 13.0. The molecule has 2 heterocycles. The van der Waals surface area contributed by atoms with Gasteiger partial charge in [-0.05, 0) is 82.0 Å². The highest BCUT2D eigenvalue weighted by Crippen LogP contribution is 2.27. The Morgan fingerprint density at radius 1 is 1.37 bits per heavy atom. The molecule has 2 aromatic rings. The summed E-state index contributed by atoms with van der Waals surface area (Å²) in [5.41, 5.74) is 3.23. The number of hydrogen-bond donors (Lipinski definition) is 1. The number of nitriles is 1. The van der Waals surface area contributed by atoms with Crippen molar-refractivity contribution in [2.75, 3.05) is 31.7 Å². The lowest BCUT2D eigenvalue weighted by Gasteiger charge is -2.23. The first kappa shape index (κ1) is 25.9. The molecule has 0 radical (unpaired) electrons. The number of carbonyl (C=O) groups is 1. The van der Waals surface area contributed by atoms with E-state index in [0.717, 1.165) is 30.6 Å². The van der Waals surface area contributed by atoms with Crippen LogP contribution in [0.25, 0.3) is 5.57 Å². The van der Waals surface area contributed by atoms with E-state index in [0.29, 0.717) is 41.0 Å². The smallest absolute Gasteiger partial charge is 0.255 e. The molecule has 8 nitrogen and oxygen atoms in total. The standard InChI is InChI=1S/C27H34N6O2/c1-18(2)32-12-11-22(17-32)16-31(6)27(35)23-8-10-25(30-15-23)33(29-5)26(34)20(4)24-9-7-21(14-28)13-19(24)3/h7-10,13,15,18,22,34H,5,11-12,16-17H2,1-4,6H3/b26-20-. The van der Waals surface area contributed by atoms with Crippen LogP contribution in [0, 0.1) is 24.2 Å². The van der Waals surface area contributed by atoms with Crippen LogP contribution in [0.5, 0.6) is 0 Å². The Bertz CT molecular complexity index is 1150. The van der Waals surface area contributed by atoms with Crippen molar-refractivity contribution in [2.24, 2.45) is 11.0 Å². The van der Waals surface area contributed by atoms with E-state index in [9.17, 15) is 9.90 Å². The lowest BCUT2D eigenvalue weighted by molar-refractivity contribution is 0.0772. The molecule has 1 amide bonds. The van der Waals surface area contributed by atoms with Gasteiger partial charge in [0.1, 0.15) is 0 Å². The second-order valence-electron chi connectivity index (χ2n) is 9.38. The molecule has 1 aromatic heterocycles. The van der Waals surface area contributed by atoms with Gasteiger partial charge in [0.15, 0.2) is 5.82 Å². The molecule has 1 fully saturated rings. The Hall–Kier alpha value is -3.70. The number of aliphatic hydroxyl groups is 1. The third kappa shape index (κ3) is 5.87.